The number of carbonyl (C=O) groups excluding carboxylic acids is 4. The molecule has 3 aliphatic rings. The molecule has 0 bridgehead atoms. The number of hydrogen-bond donors (Lipinski definition) is 4. The van der Waals surface area contributed by atoms with Gasteiger partial charge in [0.05, 0.1) is 7.11 Å². The number of aromatic nitrogens is 1. The number of aromatic amines is 1. The van der Waals surface area contributed by atoms with Gasteiger partial charge in [0.15, 0.2) is 0 Å². The van der Waals surface area contributed by atoms with E-state index < -0.39 is 29.8 Å². The van der Waals surface area contributed by atoms with Gasteiger partial charge in [0.25, 0.3) is 5.91 Å². The molecule has 4 amide bonds. The van der Waals surface area contributed by atoms with Crippen LogP contribution in [0.4, 0.5) is 0 Å². The van der Waals surface area contributed by atoms with E-state index in [1.54, 1.807) is 18.1 Å². The minimum atomic E-state index is -0.998. The van der Waals surface area contributed by atoms with Crippen LogP contribution in [0, 0.1) is 11.3 Å². The summed E-state index contributed by atoms with van der Waals surface area (Å²) in [7, 11) is 1.59. The summed E-state index contributed by atoms with van der Waals surface area (Å²) in [5.74, 6) is -1.23. The number of H-pyrrole nitrogens is 1. The van der Waals surface area contributed by atoms with Crippen molar-refractivity contribution in [3.05, 3.63) is 30.0 Å². The van der Waals surface area contributed by atoms with Crippen LogP contribution in [0.3, 0.4) is 0 Å². The molecule has 5 rings (SSSR count). The van der Waals surface area contributed by atoms with Crippen LogP contribution in [0.25, 0.3) is 10.9 Å². The first-order valence-electron chi connectivity index (χ1n) is 14.4. The minimum absolute atomic E-state index is 0.128. The van der Waals surface area contributed by atoms with Crippen molar-refractivity contribution in [3.8, 4) is 5.75 Å². The smallest absolute Gasteiger partial charge is 0.271 e. The van der Waals surface area contributed by atoms with Gasteiger partial charge in [-0.15, -0.1) is 0 Å². The number of likely N-dealkylation sites (tertiary alicyclic amines) is 1. The monoisotopic (exact) mass is 551 g/mol. The van der Waals surface area contributed by atoms with Crippen molar-refractivity contribution in [2.24, 2.45) is 17.1 Å². The Labute approximate surface area is 234 Å². The van der Waals surface area contributed by atoms with Gasteiger partial charge in [-0.3, -0.25) is 19.2 Å². The molecule has 0 radical (unpaired) electrons. The molecular formula is C30H41N5O5. The molecule has 2 saturated heterocycles. The summed E-state index contributed by atoms with van der Waals surface area (Å²) in [4.78, 5) is 57.7. The van der Waals surface area contributed by atoms with E-state index in [0.717, 1.165) is 49.4 Å². The molecule has 2 unspecified atom stereocenters. The highest BCUT2D eigenvalue weighted by atomic mass is 16.5. The number of carbonyl (C=O) groups is 4. The standard InChI is InChI=1S/C30H41N5O5/c1-29(2)13-10-18(26(37)34-29)14-21(25(31)36)33-27(38)23-16-30(11-5-4-6-12-30)17-35(23)28(39)22-15-19-20(32-22)8-7-9-24(19)40-3/h7-9,15,18,21,23,32H,4-6,10-14,16-17H2,1-3H3,(H2,31,36)(H,33,38)(H,34,37)/t18?,21-,23?/m0/s1. The maximum atomic E-state index is 13.9. The number of rotatable bonds is 7. The number of nitrogens with two attached hydrogens (primary N) is 1. The predicted octanol–water partition coefficient (Wildman–Crippen LogP) is 3.01. The third kappa shape index (κ3) is 5.53. The van der Waals surface area contributed by atoms with Gasteiger partial charge < -0.3 is 31.0 Å². The van der Waals surface area contributed by atoms with Crippen molar-refractivity contribution in [2.45, 2.75) is 89.3 Å². The summed E-state index contributed by atoms with van der Waals surface area (Å²) >= 11 is 0. The average molecular weight is 552 g/mol. The number of benzene rings is 1. The van der Waals surface area contributed by atoms with Crippen LogP contribution in [-0.2, 0) is 14.4 Å². The van der Waals surface area contributed by atoms with E-state index in [0.29, 0.717) is 30.8 Å². The molecule has 10 nitrogen and oxygen atoms in total. The molecule has 2 aromatic rings. The summed E-state index contributed by atoms with van der Waals surface area (Å²) in [6, 6.07) is 5.61. The summed E-state index contributed by atoms with van der Waals surface area (Å²) < 4.78 is 5.46. The zero-order valence-corrected chi connectivity index (χ0v) is 23.7. The van der Waals surface area contributed by atoms with E-state index in [1.165, 1.54) is 0 Å². The molecule has 3 fully saturated rings. The SMILES string of the molecule is COc1cccc2[nH]c(C(=O)N3CC4(CCCCC4)CC3C(=O)N[C@@H](CC3CCC(C)(C)NC3=O)C(N)=O)cc12. The fourth-order valence-electron chi connectivity index (χ4n) is 6.93. The zero-order valence-electron chi connectivity index (χ0n) is 23.7. The molecule has 1 spiro atoms. The topological polar surface area (TPSA) is 147 Å². The molecule has 3 heterocycles. The average Bonchev–Trinajstić information content (AvgIpc) is 3.51. The number of methoxy groups -OCH3 is 1. The lowest BCUT2D eigenvalue weighted by Gasteiger charge is -2.36. The first kappa shape index (κ1) is 28.0. The number of ether oxygens (including phenoxy) is 1. The minimum Gasteiger partial charge on any atom is -0.496 e. The fourth-order valence-corrected chi connectivity index (χ4v) is 6.93. The highest BCUT2D eigenvalue weighted by Gasteiger charge is 2.49. The van der Waals surface area contributed by atoms with Crippen LogP contribution in [-0.4, -0.2) is 64.8 Å². The first-order valence-corrected chi connectivity index (χ1v) is 14.4. The van der Waals surface area contributed by atoms with Gasteiger partial charge in [0.1, 0.15) is 23.5 Å². The Morgan fingerprint density at radius 2 is 1.93 bits per heavy atom. The Hall–Kier alpha value is -3.56. The Kier molecular flexibility index (Phi) is 7.54. The van der Waals surface area contributed by atoms with Crippen molar-refractivity contribution in [3.63, 3.8) is 0 Å². The lowest BCUT2D eigenvalue weighted by molar-refractivity contribution is -0.133. The van der Waals surface area contributed by atoms with Crippen molar-refractivity contribution in [2.75, 3.05) is 13.7 Å². The predicted molar refractivity (Wildman–Crippen MR) is 150 cm³/mol. The third-order valence-electron chi connectivity index (χ3n) is 9.19. The highest BCUT2D eigenvalue weighted by molar-refractivity contribution is 6.02. The Morgan fingerprint density at radius 1 is 1.18 bits per heavy atom. The van der Waals surface area contributed by atoms with Gasteiger partial charge in [-0.1, -0.05) is 25.3 Å². The Balaban J connectivity index is 1.37. The lowest BCUT2D eigenvalue weighted by Crippen LogP contribution is -2.55. The van der Waals surface area contributed by atoms with Crippen molar-refractivity contribution >= 4 is 34.5 Å². The number of hydrogen-bond acceptors (Lipinski definition) is 5. The molecule has 40 heavy (non-hydrogen) atoms. The maximum Gasteiger partial charge on any atom is 0.271 e. The molecule has 1 aromatic heterocycles. The highest BCUT2D eigenvalue weighted by Crippen LogP contribution is 2.47. The van der Waals surface area contributed by atoms with E-state index in [2.05, 4.69) is 15.6 Å². The number of nitrogens with zero attached hydrogens (tertiary/aromatic N) is 1. The quantitative estimate of drug-likeness (QED) is 0.418. The first-order chi connectivity index (χ1) is 19.0. The second-order valence-electron chi connectivity index (χ2n) is 12.6. The van der Waals surface area contributed by atoms with Crippen LogP contribution in [0.15, 0.2) is 24.3 Å². The Morgan fingerprint density at radius 3 is 2.60 bits per heavy atom. The molecule has 1 saturated carbocycles. The van der Waals surface area contributed by atoms with E-state index in [9.17, 15) is 19.2 Å². The largest absolute Gasteiger partial charge is 0.496 e. The summed E-state index contributed by atoms with van der Waals surface area (Å²) in [6.45, 7) is 4.41. The molecule has 5 N–H and O–H groups in total. The van der Waals surface area contributed by atoms with Crippen LogP contribution in [0.2, 0.25) is 0 Å². The van der Waals surface area contributed by atoms with Gasteiger partial charge in [-0.25, -0.2) is 0 Å². The second-order valence-corrected chi connectivity index (χ2v) is 12.6. The van der Waals surface area contributed by atoms with Gasteiger partial charge >= 0.3 is 0 Å². The van der Waals surface area contributed by atoms with Crippen molar-refractivity contribution < 1.29 is 23.9 Å². The van der Waals surface area contributed by atoms with E-state index >= 15 is 0 Å². The second kappa shape index (κ2) is 10.8. The third-order valence-corrected chi connectivity index (χ3v) is 9.19. The molecule has 216 valence electrons. The van der Waals surface area contributed by atoms with E-state index in [4.69, 9.17) is 10.5 Å². The van der Waals surface area contributed by atoms with Crippen LogP contribution >= 0.6 is 0 Å². The molecule has 3 atom stereocenters. The van der Waals surface area contributed by atoms with Crippen molar-refractivity contribution in [1.29, 1.82) is 0 Å². The summed E-state index contributed by atoms with van der Waals surface area (Å²) in [5, 5.41) is 6.62. The van der Waals surface area contributed by atoms with Crippen LogP contribution < -0.4 is 21.1 Å². The maximum absolute atomic E-state index is 13.9. The number of amides is 4. The molecule has 1 aliphatic carbocycles. The molecule has 2 aliphatic heterocycles. The number of fused-ring (bicyclic) bond motifs is 1. The van der Waals surface area contributed by atoms with E-state index in [-0.39, 0.29) is 29.2 Å². The van der Waals surface area contributed by atoms with Gasteiger partial charge in [-0.05, 0) is 76.0 Å². The Bertz CT molecular complexity index is 1310. The van der Waals surface area contributed by atoms with Gasteiger partial charge in [0.2, 0.25) is 17.7 Å². The summed E-state index contributed by atoms with van der Waals surface area (Å²) in [5.41, 5.74) is 6.44. The van der Waals surface area contributed by atoms with Crippen molar-refractivity contribution in [1.82, 2.24) is 20.5 Å². The number of primary amides is 1. The van der Waals surface area contributed by atoms with Gasteiger partial charge in [0, 0.05) is 28.9 Å². The van der Waals surface area contributed by atoms with Crippen LogP contribution in [0.1, 0.15) is 82.1 Å². The number of piperidine rings is 1. The zero-order chi connectivity index (χ0) is 28.7. The molecule has 1 aromatic carbocycles. The number of nitrogens with one attached hydrogen (secondary N) is 3. The fraction of sp³-hybridized carbons (Fsp3) is 0.600. The normalized spacial score (nSPS) is 24.5. The van der Waals surface area contributed by atoms with Gasteiger partial charge in [-0.2, -0.15) is 0 Å². The molecule has 10 heteroatoms. The molecular weight excluding hydrogens is 510 g/mol. The summed E-state index contributed by atoms with van der Waals surface area (Å²) in [6.07, 6.45) is 7.25. The lowest BCUT2D eigenvalue weighted by atomic mass is 9.72. The van der Waals surface area contributed by atoms with E-state index in [1.807, 2.05) is 32.0 Å². The van der Waals surface area contributed by atoms with Crippen LogP contribution in [0.5, 0.6) is 5.75 Å².